The molecule has 2 aromatic heterocycles. The van der Waals surface area contributed by atoms with Gasteiger partial charge >= 0.3 is 0 Å². The molecular formula is C14H10ClFN4. The Kier molecular flexibility index (Phi) is 3.43. The number of hydrogen-bond acceptors (Lipinski definition) is 3. The van der Waals surface area contributed by atoms with Crippen LogP contribution in [0.15, 0.2) is 48.8 Å². The third-order valence-corrected chi connectivity index (χ3v) is 3.09. The van der Waals surface area contributed by atoms with E-state index in [1.807, 2.05) is 12.1 Å². The Balaban J connectivity index is 2.18. The van der Waals surface area contributed by atoms with Gasteiger partial charge in [-0.3, -0.25) is 9.55 Å². The Labute approximate surface area is 119 Å². The van der Waals surface area contributed by atoms with E-state index >= 15 is 0 Å². The second kappa shape index (κ2) is 5.38. The molecule has 0 spiro atoms. The molecule has 100 valence electrons. The minimum absolute atomic E-state index is 0.213. The first-order valence-corrected chi connectivity index (χ1v) is 6.49. The Morgan fingerprint density at radius 1 is 1.10 bits per heavy atom. The van der Waals surface area contributed by atoms with Crippen molar-refractivity contribution in [3.05, 3.63) is 60.4 Å². The maximum absolute atomic E-state index is 13.1. The Bertz CT molecular complexity index is 710. The van der Waals surface area contributed by atoms with E-state index in [0.29, 0.717) is 11.6 Å². The zero-order chi connectivity index (χ0) is 13.9. The molecule has 3 rings (SSSR count). The predicted molar refractivity (Wildman–Crippen MR) is 74.1 cm³/mol. The molecule has 0 N–H and O–H groups in total. The lowest BCUT2D eigenvalue weighted by atomic mass is 10.2. The van der Waals surface area contributed by atoms with Gasteiger partial charge in [-0.05, 0) is 36.4 Å². The Morgan fingerprint density at radius 2 is 1.90 bits per heavy atom. The van der Waals surface area contributed by atoms with Gasteiger partial charge in [-0.25, -0.2) is 4.39 Å². The molecule has 0 fully saturated rings. The van der Waals surface area contributed by atoms with Crippen LogP contribution in [0.5, 0.6) is 0 Å². The zero-order valence-electron chi connectivity index (χ0n) is 10.4. The van der Waals surface area contributed by atoms with Crippen LogP contribution in [0.1, 0.15) is 5.82 Å². The molecule has 0 bridgehead atoms. The van der Waals surface area contributed by atoms with Crippen molar-refractivity contribution in [1.29, 1.82) is 0 Å². The van der Waals surface area contributed by atoms with E-state index in [2.05, 4.69) is 15.2 Å². The molecule has 0 aliphatic carbocycles. The SMILES string of the molecule is Fc1ccc(-n2c(CCl)nnc2-c2cccnc2)cc1. The van der Waals surface area contributed by atoms with Gasteiger partial charge in [0.05, 0.1) is 5.88 Å². The van der Waals surface area contributed by atoms with Crippen molar-refractivity contribution in [1.82, 2.24) is 19.7 Å². The molecular weight excluding hydrogens is 279 g/mol. The van der Waals surface area contributed by atoms with Crippen LogP contribution in [-0.2, 0) is 5.88 Å². The van der Waals surface area contributed by atoms with Gasteiger partial charge in [0.15, 0.2) is 11.6 Å². The summed E-state index contributed by atoms with van der Waals surface area (Å²) in [6, 6.07) is 9.80. The van der Waals surface area contributed by atoms with E-state index in [4.69, 9.17) is 11.6 Å². The van der Waals surface area contributed by atoms with Crippen molar-refractivity contribution in [2.45, 2.75) is 5.88 Å². The molecule has 2 heterocycles. The van der Waals surface area contributed by atoms with Crippen LogP contribution in [0.2, 0.25) is 0 Å². The highest BCUT2D eigenvalue weighted by Crippen LogP contribution is 2.23. The molecule has 0 saturated heterocycles. The van der Waals surface area contributed by atoms with Gasteiger partial charge in [0.2, 0.25) is 0 Å². The van der Waals surface area contributed by atoms with Gasteiger partial charge in [0.1, 0.15) is 5.82 Å². The second-order valence-corrected chi connectivity index (χ2v) is 4.39. The summed E-state index contributed by atoms with van der Waals surface area (Å²) in [5.41, 5.74) is 1.58. The predicted octanol–water partition coefficient (Wildman–Crippen LogP) is 3.21. The number of aromatic nitrogens is 4. The lowest BCUT2D eigenvalue weighted by Crippen LogP contribution is -2.02. The monoisotopic (exact) mass is 288 g/mol. The summed E-state index contributed by atoms with van der Waals surface area (Å²) in [7, 11) is 0. The second-order valence-electron chi connectivity index (χ2n) is 4.13. The fraction of sp³-hybridized carbons (Fsp3) is 0.0714. The van der Waals surface area contributed by atoms with Crippen molar-refractivity contribution >= 4 is 11.6 Å². The van der Waals surface area contributed by atoms with Crippen molar-refractivity contribution in [2.75, 3.05) is 0 Å². The van der Waals surface area contributed by atoms with Crippen LogP contribution in [0.25, 0.3) is 17.1 Å². The van der Waals surface area contributed by atoms with Gasteiger partial charge in [0.25, 0.3) is 0 Å². The van der Waals surface area contributed by atoms with E-state index in [-0.39, 0.29) is 11.7 Å². The molecule has 0 radical (unpaired) electrons. The molecule has 0 amide bonds. The van der Waals surface area contributed by atoms with Crippen LogP contribution in [0.3, 0.4) is 0 Å². The van der Waals surface area contributed by atoms with Crippen LogP contribution in [0, 0.1) is 5.82 Å². The zero-order valence-corrected chi connectivity index (χ0v) is 11.1. The topological polar surface area (TPSA) is 43.6 Å². The lowest BCUT2D eigenvalue weighted by Gasteiger charge is -2.09. The average molecular weight is 289 g/mol. The molecule has 0 aliphatic rings. The number of hydrogen-bond donors (Lipinski definition) is 0. The molecule has 4 nitrogen and oxygen atoms in total. The Morgan fingerprint density at radius 3 is 2.55 bits per heavy atom. The molecule has 1 aromatic carbocycles. The van der Waals surface area contributed by atoms with Gasteiger partial charge in [-0.2, -0.15) is 0 Å². The smallest absolute Gasteiger partial charge is 0.170 e. The third-order valence-electron chi connectivity index (χ3n) is 2.85. The summed E-state index contributed by atoms with van der Waals surface area (Å²) in [6.45, 7) is 0. The fourth-order valence-corrected chi connectivity index (χ4v) is 2.12. The number of rotatable bonds is 3. The average Bonchev–Trinajstić information content (AvgIpc) is 2.93. The van der Waals surface area contributed by atoms with Gasteiger partial charge in [0, 0.05) is 23.6 Å². The van der Waals surface area contributed by atoms with Crippen LogP contribution >= 0.6 is 11.6 Å². The molecule has 6 heteroatoms. The van der Waals surface area contributed by atoms with Gasteiger partial charge in [-0.15, -0.1) is 21.8 Å². The highest BCUT2D eigenvalue weighted by molar-refractivity contribution is 6.16. The number of nitrogens with zero attached hydrogens (tertiary/aromatic N) is 4. The van der Waals surface area contributed by atoms with Crippen molar-refractivity contribution < 1.29 is 4.39 Å². The first-order chi connectivity index (χ1) is 9.79. The maximum Gasteiger partial charge on any atom is 0.170 e. The minimum atomic E-state index is -0.294. The Hall–Kier alpha value is -2.27. The van der Waals surface area contributed by atoms with Crippen LogP contribution < -0.4 is 0 Å². The molecule has 20 heavy (non-hydrogen) atoms. The first kappa shape index (κ1) is 12.7. The fourth-order valence-electron chi connectivity index (χ4n) is 1.95. The number of pyridine rings is 1. The first-order valence-electron chi connectivity index (χ1n) is 5.96. The minimum Gasteiger partial charge on any atom is -0.278 e. The summed E-state index contributed by atoms with van der Waals surface area (Å²) in [5.74, 6) is 1.14. The van der Waals surface area contributed by atoms with Crippen molar-refractivity contribution in [2.24, 2.45) is 0 Å². The molecule has 3 aromatic rings. The quantitative estimate of drug-likeness (QED) is 0.695. The molecule has 0 atom stereocenters. The highest BCUT2D eigenvalue weighted by atomic mass is 35.5. The summed E-state index contributed by atoms with van der Waals surface area (Å²) < 4.78 is 14.9. The van der Waals surface area contributed by atoms with E-state index in [1.54, 1.807) is 29.1 Å². The normalized spacial score (nSPS) is 10.7. The third kappa shape index (κ3) is 2.28. The van der Waals surface area contributed by atoms with Crippen LogP contribution in [-0.4, -0.2) is 19.7 Å². The van der Waals surface area contributed by atoms with E-state index in [0.717, 1.165) is 11.3 Å². The van der Waals surface area contributed by atoms with Gasteiger partial charge < -0.3 is 0 Å². The summed E-state index contributed by atoms with van der Waals surface area (Å²) in [6.07, 6.45) is 3.38. The largest absolute Gasteiger partial charge is 0.278 e. The molecule has 0 saturated carbocycles. The van der Waals surface area contributed by atoms with E-state index < -0.39 is 0 Å². The van der Waals surface area contributed by atoms with Crippen molar-refractivity contribution in [3.8, 4) is 17.1 Å². The maximum atomic E-state index is 13.1. The van der Waals surface area contributed by atoms with Crippen LogP contribution in [0.4, 0.5) is 4.39 Å². The standard InChI is InChI=1S/C14H10ClFN4/c15-8-13-18-19-14(10-2-1-7-17-9-10)20(13)12-5-3-11(16)4-6-12/h1-7,9H,8H2. The van der Waals surface area contributed by atoms with E-state index in [1.165, 1.54) is 12.1 Å². The number of benzene rings is 1. The summed E-state index contributed by atoms with van der Waals surface area (Å²) in [5, 5.41) is 8.22. The van der Waals surface area contributed by atoms with Gasteiger partial charge in [-0.1, -0.05) is 0 Å². The van der Waals surface area contributed by atoms with Crippen molar-refractivity contribution in [3.63, 3.8) is 0 Å². The molecule has 0 aliphatic heterocycles. The highest BCUT2D eigenvalue weighted by Gasteiger charge is 2.14. The molecule has 0 unspecified atom stereocenters. The number of halogens is 2. The number of alkyl halides is 1. The van der Waals surface area contributed by atoms with E-state index in [9.17, 15) is 4.39 Å². The lowest BCUT2D eigenvalue weighted by molar-refractivity contribution is 0.627. The summed E-state index contributed by atoms with van der Waals surface area (Å²) >= 11 is 5.90. The summed E-state index contributed by atoms with van der Waals surface area (Å²) in [4.78, 5) is 4.07.